The van der Waals surface area contributed by atoms with Gasteiger partial charge in [-0.25, -0.2) is 0 Å². The number of nitrogens with zero attached hydrogens (tertiary/aromatic N) is 2. The normalized spacial score (nSPS) is 22.3. The van der Waals surface area contributed by atoms with Crippen molar-refractivity contribution in [3.63, 3.8) is 0 Å². The molecule has 1 aliphatic heterocycles. The van der Waals surface area contributed by atoms with Crippen LogP contribution in [0.15, 0.2) is 24.3 Å². The molecular formula is C18H25N3O. The largest absolute Gasteiger partial charge is 0.375 e. The highest BCUT2D eigenvalue weighted by atomic mass is 16.5. The Morgan fingerprint density at radius 2 is 2.14 bits per heavy atom. The molecule has 118 valence electrons. The summed E-state index contributed by atoms with van der Waals surface area (Å²) in [6, 6.07) is 11.0. The van der Waals surface area contributed by atoms with Crippen molar-refractivity contribution in [1.29, 1.82) is 5.26 Å². The molecule has 2 aliphatic rings. The lowest BCUT2D eigenvalue weighted by atomic mass is 9.97. The molecule has 3 rings (SSSR count). The second kappa shape index (κ2) is 6.68. The minimum atomic E-state index is -0.186. The van der Waals surface area contributed by atoms with Gasteiger partial charge in [0, 0.05) is 25.3 Å². The Morgan fingerprint density at radius 3 is 2.68 bits per heavy atom. The van der Waals surface area contributed by atoms with Crippen LogP contribution in [-0.2, 0) is 10.2 Å². The SMILES string of the molecule is CCN(CCOC1CCNC1)c1ccc(C2(C#N)CC2)cc1. The van der Waals surface area contributed by atoms with Gasteiger partial charge in [-0.2, -0.15) is 5.26 Å². The van der Waals surface area contributed by atoms with Crippen LogP contribution in [0.5, 0.6) is 0 Å². The van der Waals surface area contributed by atoms with E-state index in [1.807, 2.05) is 0 Å². The van der Waals surface area contributed by atoms with E-state index < -0.39 is 0 Å². The van der Waals surface area contributed by atoms with E-state index in [2.05, 4.69) is 47.5 Å². The number of hydrogen-bond acceptors (Lipinski definition) is 4. The summed E-state index contributed by atoms with van der Waals surface area (Å²) in [6.07, 6.45) is 3.51. The van der Waals surface area contributed by atoms with Gasteiger partial charge in [-0.3, -0.25) is 0 Å². The maximum atomic E-state index is 9.27. The third kappa shape index (κ3) is 3.26. The lowest BCUT2D eigenvalue weighted by molar-refractivity contribution is 0.0722. The Kier molecular flexibility index (Phi) is 4.66. The average molecular weight is 299 g/mol. The number of nitrogens with one attached hydrogen (secondary N) is 1. The van der Waals surface area contributed by atoms with Gasteiger partial charge in [-0.05, 0) is 50.4 Å². The highest BCUT2D eigenvalue weighted by molar-refractivity contribution is 5.51. The first-order valence-corrected chi connectivity index (χ1v) is 8.36. The Balaban J connectivity index is 1.55. The monoisotopic (exact) mass is 299 g/mol. The molecule has 1 N–H and O–H groups in total. The molecule has 1 aliphatic carbocycles. The van der Waals surface area contributed by atoms with E-state index in [1.165, 1.54) is 11.3 Å². The maximum Gasteiger partial charge on any atom is 0.0823 e. The first-order chi connectivity index (χ1) is 10.8. The predicted octanol–water partition coefficient (Wildman–Crippen LogP) is 2.45. The van der Waals surface area contributed by atoms with Crippen LogP contribution in [0.3, 0.4) is 0 Å². The fourth-order valence-corrected chi connectivity index (χ4v) is 3.15. The summed E-state index contributed by atoms with van der Waals surface area (Å²) in [4.78, 5) is 2.33. The molecule has 0 radical (unpaired) electrons. The van der Waals surface area contributed by atoms with E-state index >= 15 is 0 Å². The Bertz CT molecular complexity index is 524. The fraction of sp³-hybridized carbons (Fsp3) is 0.611. The van der Waals surface area contributed by atoms with Crippen LogP contribution < -0.4 is 10.2 Å². The van der Waals surface area contributed by atoms with Crippen molar-refractivity contribution in [1.82, 2.24) is 5.32 Å². The van der Waals surface area contributed by atoms with Gasteiger partial charge in [0.05, 0.1) is 24.2 Å². The molecular weight excluding hydrogens is 274 g/mol. The van der Waals surface area contributed by atoms with Crippen molar-refractivity contribution >= 4 is 5.69 Å². The molecule has 1 unspecified atom stereocenters. The number of nitriles is 1. The Labute approximate surface area is 133 Å². The zero-order valence-electron chi connectivity index (χ0n) is 13.3. The topological polar surface area (TPSA) is 48.3 Å². The summed E-state index contributed by atoms with van der Waals surface area (Å²) in [5.74, 6) is 0. The van der Waals surface area contributed by atoms with Gasteiger partial charge in [0.1, 0.15) is 0 Å². The number of rotatable bonds is 7. The first-order valence-electron chi connectivity index (χ1n) is 8.36. The molecule has 1 aromatic rings. The van der Waals surface area contributed by atoms with Crippen LogP contribution >= 0.6 is 0 Å². The average Bonchev–Trinajstić information content (AvgIpc) is 3.20. The second-order valence-corrected chi connectivity index (χ2v) is 6.31. The molecule has 0 bridgehead atoms. The minimum Gasteiger partial charge on any atom is -0.375 e. The van der Waals surface area contributed by atoms with Crippen molar-refractivity contribution in [2.75, 3.05) is 37.7 Å². The minimum absolute atomic E-state index is 0.186. The van der Waals surface area contributed by atoms with Crippen molar-refractivity contribution < 1.29 is 4.74 Å². The summed E-state index contributed by atoms with van der Waals surface area (Å²) >= 11 is 0. The van der Waals surface area contributed by atoms with E-state index in [0.717, 1.165) is 52.0 Å². The molecule has 2 fully saturated rings. The lowest BCUT2D eigenvalue weighted by Crippen LogP contribution is -2.29. The molecule has 4 nitrogen and oxygen atoms in total. The summed E-state index contributed by atoms with van der Waals surface area (Å²) < 4.78 is 5.91. The Morgan fingerprint density at radius 1 is 1.36 bits per heavy atom. The van der Waals surface area contributed by atoms with Gasteiger partial charge in [-0.1, -0.05) is 12.1 Å². The number of likely N-dealkylation sites (N-methyl/N-ethyl adjacent to an activating group) is 1. The molecule has 0 aromatic heterocycles. The quantitative estimate of drug-likeness (QED) is 0.840. The highest BCUT2D eigenvalue weighted by Gasteiger charge is 2.44. The molecule has 1 saturated carbocycles. The Hall–Kier alpha value is -1.57. The van der Waals surface area contributed by atoms with Crippen LogP contribution in [0.4, 0.5) is 5.69 Å². The third-order valence-corrected chi connectivity index (χ3v) is 4.86. The van der Waals surface area contributed by atoms with Gasteiger partial charge in [0.2, 0.25) is 0 Å². The maximum absolute atomic E-state index is 9.27. The van der Waals surface area contributed by atoms with E-state index in [9.17, 15) is 5.26 Å². The lowest BCUT2D eigenvalue weighted by Gasteiger charge is -2.24. The number of hydrogen-bond donors (Lipinski definition) is 1. The van der Waals surface area contributed by atoms with Crippen LogP contribution in [0.1, 0.15) is 31.7 Å². The van der Waals surface area contributed by atoms with Gasteiger partial charge in [0.25, 0.3) is 0 Å². The summed E-state index contributed by atoms with van der Waals surface area (Å²) in [5, 5.41) is 12.6. The first kappa shape index (κ1) is 15.3. The molecule has 1 atom stereocenters. The van der Waals surface area contributed by atoms with E-state index in [-0.39, 0.29) is 5.41 Å². The summed E-state index contributed by atoms with van der Waals surface area (Å²) in [7, 11) is 0. The molecule has 1 heterocycles. The molecule has 0 spiro atoms. The number of anilines is 1. The molecule has 1 saturated heterocycles. The smallest absolute Gasteiger partial charge is 0.0823 e. The van der Waals surface area contributed by atoms with Gasteiger partial charge >= 0.3 is 0 Å². The van der Waals surface area contributed by atoms with Crippen molar-refractivity contribution in [2.45, 2.75) is 37.7 Å². The van der Waals surface area contributed by atoms with E-state index in [1.54, 1.807) is 0 Å². The predicted molar refractivity (Wildman–Crippen MR) is 88.1 cm³/mol. The van der Waals surface area contributed by atoms with E-state index in [4.69, 9.17) is 4.74 Å². The summed E-state index contributed by atoms with van der Waals surface area (Å²) in [5.41, 5.74) is 2.20. The van der Waals surface area contributed by atoms with Gasteiger partial charge < -0.3 is 15.0 Å². The molecule has 0 amide bonds. The zero-order chi connectivity index (χ0) is 15.4. The molecule has 22 heavy (non-hydrogen) atoms. The molecule has 1 aromatic carbocycles. The van der Waals surface area contributed by atoms with Crippen molar-refractivity contribution in [3.8, 4) is 6.07 Å². The molecule has 4 heteroatoms. The van der Waals surface area contributed by atoms with Gasteiger partial charge in [-0.15, -0.1) is 0 Å². The van der Waals surface area contributed by atoms with Crippen LogP contribution in [0, 0.1) is 11.3 Å². The van der Waals surface area contributed by atoms with Crippen molar-refractivity contribution in [3.05, 3.63) is 29.8 Å². The highest BCUT2D eigenvalue weighted by Crippen LogP contribution is 2.47. The van der Waals surface area contributed by atoms with E-state index in [0.29, 0.717) is 6.10 Å². The zero-order valence-corrected chi connectivity index (χ0v) is 13.3. The summed E-state index contributed by atoms with van der Waals surface area (Å²) in [6.45, 7) is 6.87. The number of benzene rings is 1. The van der Waals surface area contributed by atoms with Gasteiger partial charge in [0.15, 0.2) is 0 Å². The van der Waals surface area contributed by atoms with Crippen LogP contribution in [0.25, 0.3) is 0 Å². The third-order valence-electron chi connectivity index (χ3n) is 4.86. The van der Waals surface area contributed by atoms with Crippen LogP contribution in [-0.4, -0.2) is 38.9 Å². The van der Waals surface area contributed by atoms with Crippen molar-refractivity contribution in [2.24, 2.45) is 0 Å². The second-order valence-electron chi connectivity index (χ2n) is 6.31. The van der Waals surface area contributed by atoms with Crippen LogP contribution in [0.2, 0.25) is 0 Å². The standard InChI is InChI=1S/C18H25N3O/c1-2-21(11-12-22-17-7-10-20-13-17)16-5-3-15(4-6-16)18(14-19)8-9-18/h3-6,17,20H,2,7-13H2,1H3. The fourth-order valence-electron chi connectivity index (χ4n) is 3.15. The number of ether oxygens (including phenoxy) is 1.